The summed E-state index contributed by atoms with van der Waals surface area (Å²) in [7, 11) is -2.98. The molecule has 0 aromatic heterocycles. The highest BCUT2D eigenvalue weighted by Crippen LogP contribution is 2.48. The van der Waals surface area contributed by atoms with Gasteiger partial charge in [0.2, 0.25) is 0 Å². The lowest BCUT2D eigenvalue weighted by atomic mass is 10.4. The largest absolute Gasteiger partial charge is 0.384 e. The van der Waals surface area contributed by atoms with Crippen LogP contribution in [-0.2, 0) is 13.6 Å². The van der Waals surface area contributed by atoms with Crippen LogP contribution in [0.5, 0.6) is 0 Å². The maximum Gasteiger partial charge on any atom is 0.384 e. The van der Waals surface area contributed by atoms with Gasteiger partial charge in [-0.2, -0.15) is 0 Å². The molecule has 5 heteroatoms. The average Bonchev–Trinajstić information content (AvgIpc) is 2.14. The van der Waals surface area contributed by atoms with Crippen LogP contribution in [0.3, 0.4) is 0 Å². The molecule has 0 amide bonds. The Labute approximate surface area is 113 Å². The minimum Gasteiger partial charge on any atom is -0.325 e. The van der Waals surface area contributed by atoms with E-state index in [1.807, 2.05) is 27.7 Å². The van der Waals surface area contributed by atoms with E-state index < -0.39 is 7.60 Å². The van der Waals surface area contributed by atoms with Crippen LogP contribution in [0.15, 0.2) is 0 Å². The third-order valence-electron chi connectivity index (χ3n) is 2.37. The Kier molecular flexibility index (Phi) is 9.14. The number of nitrogens with one attached hydrogen (secondary N) is 1. The first-order valence-corrected chi connectivity index (χ1v) is 8.85. The predicted molar refractivity (Wildman–Crippen MR) is 76.2 cm³/mol. The molecule has 0 saturated carbocycles. The van der Waals surface area contributed by atoms with Crippen LogP contribution in [0.4, 0.5) is 0 Å². The Morgan fingerprint density at radius 2 is 1.33 bits per heavy atom. The standard InChI is InChI=1S/C13H30NO3P/c1-7-9-14(10-8-2)11-18(15,16-12(3)4)17-13(5)6/h12-13H,7-11H2,1-6H3/p+1. The van der Waals surface area contributed by atoms with Gasteiger partial charge in [0.25, 0.3) is 0 Å². The van der Waals surface area contributed by atoms with Crippen molar-refractivity contribution in [2.24, 2.45) is 0 Å². The second-order valence-corrected chi connectivity index (χ2v) is 7.29. The van der Waals surface area contributed by atoms with Gasteiger partial charge in [-0.25, -0.2) is 0 Å². The Bertz CT molecular complexity index is 237. The van der Waals surface area contributed by atoms with Gasteiger partial charge in [-0.1, -0.05) is 13.8 Å². The molecule has 0 aliphatic heterocycles. The van der Waals surface area contributed by atoms with Crippen molar-refractivity contribution in [2.75, 3.05) is 19.4 Å². The van der Waals surface area contributed by atoms with Crippen molar-refractivity contribution in [1.82, 2.24) is 0 Å². The zero-order chi connectivity index (χ0) is 14.2. The number of hydrogen-bond acceptors (Lipinski definition) is 3. The lowest BCUT2D eigenvalue weighted by Crippen LogP contribution is -3.11. The van der Waals surface area contributed by atoms with Gasteiger partial charge in [-0.05, 0) is 40.5 Å². The van der Waals surface area contributed by atoms with Crippen LogP contribution in [0.2, 0.25) is 0 Å². The molecule has 0 aliphatic rings. The fourth-order valence-electron chi connectivity index (χ4n) is 2.01. The summed E-state index contributed by atoms with van der Waals surface area (Å²) in [5.74, 6) is 0. The summed E-state index contributed by atoms with van der Waals surface area (Å²) in [6, 6.07) is 0. The van der Waals surface area contributed by atoms with E-state index in [1.165, 1.54) is 4.90 Å². The number of rotatable bonds is 10. The first-order chi connectivity index (χ1) is 8.33. The molecular formula is C13H31NO3P+. The molecule has 0 aromatic carbocycles. The quantitative estimate of drug-likeness (QED) is 0.625. The van der Waals surface area contributed by atoms with E-state index in [0.717, 1.165) is 25.9 Å². The lowest BCUT2D eigenvalue weighted by molar-refractivity contribution is -0.889. The summed E-state index contributed by atoms with van der Waals surface area (Å²) in [4.78, 5) is 1.31. The first-order valence-electron chi connectivity index (χ1n) is 7.12. The fraction of sp³-hybridized carbons (Fsp3) is 1.00. The molecular weight excluding hydrogens is 249 g/mol. The molecule has 0 atom stereocenters. The van der Waals surface area contributed by atoms with Crippen LogP contribution < -0.4 is 4.90 Å². The predicted octanol–water partition coefficient (Wildman–Crippen LogP) is 2.69. The van der Waals surface area contributed by atoms with E-state index in [2.05, 4.69) is 13.8 Å². The van der Waals surface area contributed by atoms with Crippen molar-refractivity contribution in [3.05, 3.63) is 0 Å². The Hall–Kier alpha value is 0.110. The third kappa shape index (κ3) is 8.25. The minimum absolute atomic E-state index is 0.0703. The minimum atomic E-state index is -2.98. The zero-order valence-electron chi connectivity index (χ0n) is 12.9. The van der Waals surface area contributed by atoms with Gasteiger partial charge in [0.1, 0.15) is 0 Å². The van der Waals surface area contributed by atoms with Crippen molar-refractivity contribution >= 4 is 7.60 Å². The van der Waals surface area contributed by atoms with Crippen molar-refractivity contribution in [2.45, 2.75) is 66.6 Å². The van der Waals surface area contributed by atoms with E-state index in [4.69, 9.17) is 9.05 Å². The second-order valence-electron chi connectivity index (χ2n) is 5.33. The van der Waals surface area contributed by atoms with E-state index in [1.54, 1.807) is 0 Å². The molecule has 0 bridgehead atoms. The summed E-state index contributed by atoms with van der Waals surface area (Å²) in [6.45, 7) is 13.9. The highest BCUT2D eigenvalue weighted by molar-refractivity contribution is 7.53. The molecule has 0 aromatic rings. The Morgan fingerprint density at radius 3 is 1.61 bits per heavy atom. The van der Waals surface area contributed by atoms with E-state index >= 15 is 0 Å². The summed E-state index contributed by atoms with van der Waals surface area (Å²) < 4.78 is 23.9. The summed E-state index contributed by atoms with van der Waals surface area (Å²) >= 11 is 0. The van der Waals surface area contributed by atoms with Gasteiger partial charge in [0, 0.05) is 0 Å². The van der Waals surface area contributed by atoms with Crippen LogP contribution >= 0.6 is 7.60 Å². The topological polar surface area (TPSA) is 40.0 Å². The lowest BCUT2D eigenvalue weighted by Gasteiger charge is -2.26. The van der Waals surface area contributed by atoms with Gasteiger partial charge in [0.05, 0.1) is 25.3 Å². The van der Waals surface area contributed by atoms with Crippen molar-refractivity contribution in [3.63, 3.8) is 0 Å². The van der Waals surface area contributed by atoms with Gasteiger partial charge in [-0.3, -0.25) is 4.57 Å². The molecule has 0 aliphatic carbocycles. The summed E-state index contributed by atoms with van der Waals surface area (Å²) in [5.41, 5.74) is 0. The molecule has 0 rings (SSSR count). The van der Waals surface area contributed by atoms with Gasteiger partial charge in [0.15, 0.2) is 6.29 Å². The number of hydrogen-bond donors (Lipinski definition) is 1. The SMILES string of the molecule is CCC[NH+](CCC)CP(=O)(OC(C)C)OC(C)C. The fourth-order valence-corrected chi connectivity index (χ4v) is 4.35. The normalized spacial score (nSPS) is 12.9. The van der Waals surface area contributed by atoms with Crippen LogP contribution in [0.1, 0.15) is 54.4 Å². The first kappa shape index (κ1) is 18.1. The van der Waals surface area contributed by atoms with Gasteiger partial charge >= 0.3 is 7.60 Å². The highest BCUT2D eigenvalue weighted by Gasteiger charge is 2.32. The Balaban J connectivity index is 4.67. The highest BCUT2D eigenvalue weighted by atomic mass is 31.2. The average molecular weight is 280 g/mol. The number of quaternary nitrogens is 1. The monoisotopic (exact) mass is 280 g/mol. The van der Waals surface area contributed by atoms with Crippen LogP contribution in [-0.4, -0.2) is 31.6 Å². The van der Waals surface area contributed by atoms with Crippen molar-refractivity contribution < 1.29 is 18.5 Å². The second kappa shape index (κ2) is 9.08. The maximum absolute atomic E-state index is 12.7. The molecule has 110 valence electrons. The smallest absolute Gasteiger partial charge is 0.325 e. The van der Waals surface area contributed by atoms with Crippen LogP contribution in [0.25, 0.3) is 0 Å². The summed E-state index contributed by atoms with van der Waals surface area (Å²) in [6.07, 6.45) is 2.50. The molecule has 0 unspecified atom stereocenters. The molecule has 0 radical (unpaired) electrons. The molecule has 18 heavy (non-hydrogen) atoms. The van der Waals surface area contributed by atoms with Crippen LogP contribution in [0, 0.1) is 0 Å². The van der Waals surface area contributed by atoms with E-state index in [-0.39, 0.29) is 12.2 Å². The van der Waals surface area contributed by atoms with Crippen molar-refractivity contribution in [3.8, 4) is 0 Å². The summed E-state index contributed by atoms with van der Waals surface area (Å²) in [5, 5.41) is 0. The molecule has 4 nitrogen and oxygen atoms in total. The van der Waals surface area contributed by atoms with Gasteiger partial charge in [-0.15, -0.1) is 0 Å². The zero-order valence-corrected chi connectivity index (χ0v) is 13.8. The third-order valence-corrected chi connectivity index (χ3v) is 4.69. The van der Waals surface area contributed by atoms with Gasteiger partial charge < -0.3 is 13.9 Å². The molecule has 0 spiro atoms. The van der Waals surface area contributed by atoms with E-state index in [9.17, 15) is 4.57 Å². The molecule has 0 heterocycles. The molecule has 1 N–H and O–H groups in total. The van der Waals surface area contributed by atoms with E-state index in [0.29, 0.717) is 6.29 Å². The maximum atomic E-state index is 12.7. The van der Waals surface area contributed by atoms with Crippen molar-refractivity contribution in [1.29, 1.82) is 0 Å². The molecule has 0 saturated heterocycles. The molecule has 0 fully saturated rings. The Morgan fingerprint density at radius 1 is 0.944 bits per heavy atom.